The van der Waals surface area contributed by atoms with Crippen LogP contribution in [0.15, 0.2) is 89.9 Å². The van der Waals surface area contributed by atoms with Gasteiger partial charge in [0, 0.05) is 5.56 Å². The maximum absolute atomic E-state index is 12.4. The lowest BCUT2D eigenvalue weighted by Crippen LogP contribution is -2.43. The first-order chi connectivity index (χ1) is 16.8. The zero-order valence-corrected chi connectivity index (χ0v) is 21.7. The molecule has 180 valence electrons. The Kier molecular flexibility index (Phi) is 8.13. The number of para-hydroxylation sites is 1. The Morgan fingerprint density at radius 1 is 1.03 bits per heavy atom. The summed E-state index contributed by atoms with van der Waals surface area (Å²) in [6, 6.07) is 27.0. The number of hydrogen-bond acceptors (Lipinski definition) is 5. The number of nitrogens with one attached hydrogen (secondary N) is 1. The number of aromatic nitrogens is 2. The van der Waals surface area contributed by atoms with E-state index in [1.165, 1.54) is 11.5 Å². The van der Waals surface area contributed by atoms with Crippen molar-refractivity contribution >= 4 is 52.4 Å². The van der Waals surface area contributed by atoms with Crippen LogP contribution in [0.4, 0.5) is 4.79 Å². The van der Waals surface area contributed by atoms with Crippen LogP contribution in [0, 0.1) is 6.92 Å². The van der Waals surface area contributed by atoms with E-state index in [4.69, 9.17) is 39.5 Å². The average molecular weight is 548 g/mol. The van der Waals surface area contributed by atoms with E-state index in [1.54, 1.807) is 0 Å². The van der Waals surface area contributed by atoms with E-state index in [0.717, 1.165) is 22.4 Å². The standard InChI is InChI=1S/C25H21Cl3N4O2S/c1-17-12-14-19(15-13-17)21-29-23(35-32(21)20-10-6-3-7-11-20)30-22(25(26,27)28)31-24(33)34-16-18-8-4-2-5-9-18/h2-15,22H,16H2,1H3,(H,31,33). The lowest BCUT2D eigenvalue weighted by molar-refractivity contribution is 0.136. The van der Waals surface area contributed by atoms with Crippen LogP contribution in [0.5, 0.6) is 0 Å². The highest BCUT2D eigenvalue weighted by molar-refractivity contribution is 7.04. The molecular formula is C25H21Cl3N4O2S. The maximum Gasteiger partial charge on any atom is 0.409 e. The minimum atomic E-state index is -1.93. The molecule has 1 heterocycles. The fourth-order valence-corrected chi connectivity index (χ4v) is 4.34. The number of ether oxygens (including phenoxy) is 1. The van der Waals surface area contributed by atoms with Crippen molar-refractivity contribution < 1.29 is 9.53 Å². The molecule has 0 aliphatic carbocycles. The van der Waals surface area contributed by atoms with Gasteiger partial charge in [0.1, 0.15) is 6.61 Å². The highest BCUT2D eigenvalue weighted by Gasteiger charge is 2.34. The third-order valence-electron chi connectivity index (χ3n) is 4.88. The van der Waals surface area contributed by atoms with Gasteiger partial charge in [-0.2, -0.15) is 4.98 Å². The molecule has 1 amide bonds. The summed E-state index contributed by atoms with van der Waals surface area (Å²) in [4.78, 5) is 21.9. The van der Waals surface area contributed by atoms with Gasteiger partial charge < -0.3 is 4.74 Å². The van der Waals surface area contributed by atoms with E-state index >= 15 is 0 Å². The number of rotatable bonds is 6. The molecule has 1 aromatic heterocycles. The minimum absolute atomic E-state index is 0.0715. The molecule has 4 rings (SSSR count). The van der Waals surface area contributed by atoms with Crippen molar-refractivity contribution in [3.05, 3.63) is 101 Å². The molecule has 1 atom stereocenters. The zero-order valence-electron chi connectivity index (χ0n) is 18.6. The normalized spacial score (nSPS) is 12.9. The highest BCUT2D eigenvalue weighted by atomic mass is 35.6. The van der Waals surface area contributed by atoms with Crippen molar-refractivity contribution in [2.24, 2.45) is 4.99 Å². The molecule has 0 radical (unpaired) electrons. The third-order valence-corrected chi connectivity index (χ3v) is 6.43. The van der Waals surface area contributed by atoms with Crippen LogP contribution in [0.3, 0.4) is 0 Å². The number of alkyl carbamates (subject to hydrolysis) is 1. The largest absolute Gasteiger partial charge is 0.445 e. The Labute approximate surface area is 221 Å². The number of benzene rings is 3. The van der Waals surface area contributed by atoms with Crippen LogP contribution in [-0.4, -0.2) is 25.0 Å². The van der Waals surface area contributed by atoms with E-state index in [2.05, 4.69) is 15.3 Å². The van der Waals surface area contributed by atoms with Gasteiger partial charge in [0.2, 0.25) is 8.59 Å². The summed E-state index contributed by atoms with van der Waals surface area (Å²) in [7, 11) is 0. The molecule has 0 saturated carbocycles. The number of alkyl halides is 3. The number of hydrogen-bond donors (Lipinski definition) is 1. The maximum atomic E-state index is 12.4. The SMILES string of the molecule is Cc1ccc(-c2nc(=NC(NC(=O)OCc3ccccc3)C(Cl)(Cl)Cl)sn2-c2ccccc2)cc1. The number of amides is 1. The molecule has 0 fully saturated rings. The van der Waals surface area contributed by atoms with E-state index in [1.807, 2.05) is 95.8 Å². The quantitative estimate of drug-likeness (QED) is 0.283. The zero-order chi connectivity index (χ0) is 24.8. The Bertz CT molecular complexity index is 1340. The predicted octanol–water partition coefficient (Wildman–Crippen LogP) is 6.43. The summed E-state index contributed by atoms with van der Waals surface area (Å²) in [5.41, 5.74) is 3.77. The topological polar surface area (TPSA) is 68.5 Å². The summed E-state index contributed by atoms with van der Waals surface area (Å²) in [5, 5.41) is 2.53. The van der Waals surface area contributed by atoms with Crippen molar-refractivity contribution in [2.75, 3.05) is 0 Å². The van der Waals surface area contributed by atoms with Crippen LogP contribution in [-0.2, 0) is 11.3 Å². The van der Waals surface area contributed by atoms with Crippen molar-refractivity contribution in [3.63, 3.8) is 0 Å². The Morgan fingerprint density at radius 3 is 2.29 bits per heavy atom. The fraction of sp³-hybridized carbons (Fsp3) is 0.160. The Balaban J connectivity index is 1.65. The van der Waals surface area contributed by atoms with Gasteiger partial charge in [0.15, 0.2) is 12.0 Å². The Morgan fingerprint density at radius 2 is 1.66 bits per heavy atom. The number of aryl methyl sites for hydroxylation is 1. The van der Waals surface area contributed by atoms with Crippen molar-refractivity contribution in [1.29, 1.82) is 0 Å². The summed E-state index contributed by atoms with van der Waals surface area (Å²) < 4.78 is 5.27. The van der Waals surface area contributed by atoms with E-state index in [0.29, 0.717) is 10.6 Å². The van der Waals surface area contributed by atoms with E-state index < -0.39 is 16.1 Å². The molecule has 35 heavy (non-hydrogen) atoms. The number of carbonyl (C=O) groups excluding carboxylic acids is 1. The molecule has 0 spiro atoms. The van der Waals surface area contributed by atoms with Crippen LogP contribution in [0.25, 0.3) is 17.1 Å². The van der Waals surface area contributed by atoms with Gasteiger partial charge in [-0.25, -0.2) is 13.7 Å². The highest BCUT2D eigenvalue weighted by Crippen LogP contribution is 2.31. The lowest BCUT2D eigenvalue weighted by Gasteiger charge is -2.20. The molecule has 0 aliphatic heterocycles. The molecule has 0 bridgehead atoms. The second-order valence-corrected chi connectivity index (χ2v) is 10.9. The molecule has 0 aliphatic rings. The van der Waals surface area contributed by atoms with E-state index in [9.17, 15) is 4.79 Å². The molecule has 10 heteroatoms. The third kappa shape index (κ3) is 6.86. The molecule has 1 unspecified atom stereocenters. The second kappa shape index (κ2) is 11.3. The van der Waals surface area contributed by atoms with Crippen molar-refractivity contribution in [3.8, 4) is 17.1 Å². The van der Waals surface area contributed by atoms with Gasteiger partial charge in [-0.15, -0.1) is 0 Å². The van der Waals surface area contributed by atoms with Crippen LogP contribution in [0.2, 0.25) is 0 Å². The van der Waals surface area contributed by atoms with Gasteiger partial charge in [-0.05, 0) is 36.2 Å². The number of halogens is 3. The van der Waals surface area contributed by atoms with Gasteiger partial charge in [-0.3, -0.25) is 5.32 Å². The number of nitrogens with zero attached hydrogens (tertiary/aromatic N) is 3. The van der Waals surface area contributed by atoms with Gasteiger partial charge in [0.05, 0.1) is 5.69 Å². The molecule has 6 nitrogen and oxygen atoms in total. The van der Waals surface area contributed by atoms with Crippen molar-refractivity contribution in [1.82, 2.24) is 14.3 Å². The second-order valence-electron chi connectivity index (χ2n) is 7.58. The van der Waals surface area contributed by atoms with Crippen LogP contribution < -0.4 is 10.1 Å². The minimum Gasteiger partial charge on any atom is -0.445 e. The van der Waals surface area contributed by atoms with Gasteiger partial charge >= 0.3 is 6.09 Å². The van der Waals surface area contributed by atoms with E-state index in [-0.39, 0.29) is 6.61 Å². The van der Waals surface area contributed by atoms with Gasteiger partial charge in [0.25, 0.3) is 0 Å². The summed E-state index contributed by atoms with van der Waals surface area (Å²) >= 11 is 19.7. The molecule has 4 aromatic rings. The molecule has 0 saturated heterocycles. The summed E-state index contributed by atoms with van der Waals surface area (Å²) in [6.07, 6.45) is -1.99. The van der Waals surface area contributed by atoms with Crippen LogP contribution >= 0.6 is 46.3 Å². The first-order valence-corrected chi connectivity index (χ1v) is 12.5. The number of carbonyl (C=O) groups is 1. The average Bonchev–Trinajstić information content (AvgIpc) is 3.27. The summed E-state index contributed by atoms with van der Waals surface area (Å²) in [6.45, 7) is 2.09. The molecule has 3 aromatic carbocycles. The Hall–Kier alpha value is -2.84. The predicted molar refractivity (Wildman–Crippen MR) is 141 cm³/mol. The van der Waals surface area contributed by atoms with Crippen LogP contribution in [0.1, 0.15) is 11.1 Å². The fourth-order valence-electron chi connectivity index (χ4n) is 3.13. The van der Waals surface area contributed by atoms with Crippen molar-refractivity contribution in [2.45, 2.75) is 23.5 Å². The lowest BCUT2D eigenvalue weighted by atomic mass is 10.1. The first-order valence-electron chi connectivity index (χ1n) is 10.6. The summed E-state index contributed by atoms with van der Waals surface area (Å²) in [5.74, 6) is 0.676. The first kappa shape index (κ1) is 25.3. The smallest absolute Gasteiger partial charge is 0.409 e. The molecule has 1 N–H and O–H groups in total. The molecular weight excluding hydrogens is 527 g/mol. The van der Waals surface area contributed by atoms with Gasteiger partial charge in [-0.1, -0.05) is 113 Å². The monoisotopic (exact) mass is 546 g/mol.